The predicted octanol–water partition coefficient (Wildman–Crippen LogP) is 2.58. The number of thiazole rings is 1. The minimum absolute atomic E-state index is 0.0455. The Kier molecular flexibility index (Phi) is 8.21. The van der Waals surface area contributed by atoms with Crippen LogP contribution in [-0.2, 0) is 20.7 Å². The van der Waals surface area contributed by atoms with Crippen LogP contribution in [0.1, 0.15) is 48.0 Å². The lowest BCUT2D eigenvalue weighted by molar-refractivity contribution is -0.140. The minimum atomic E-state index is -0.730. The number of hydrogen-bond donors (Lipinski definition) is 2. The van der Waals surface area contributed by atoms with Gasteiger partial charge in [0.15, 0.2) is 4.96 Å². The van der Waals surface area contributed by atoms with E-state index in [1.165, 1.54) is 21.9 Å². The molecule has 5 heterocycles. The van der Waals surface area contributed by atoms with Crippen molar-refractivity contribution in [3.05, 3.63) is 81.7 Å². The normalized spacial score (nSPS) is 25.5. The maximum Gasteiger partial charge on any atom is 0.271 e. The fourth-order valence-electron chi connectivity index (χ4n) is 6.31. The van der Waals surface area contributed by atoms with Crippen LogP contribution in [0.15, 0.2) is 65.1 Å². The van der Waals surface area contributed by atoms with E-state index in [9.17, 15) is 19.2 Å². The van der Waals surface area contributed by atoms with E-state index in [0.717, 1.165) is 5.56 Å². The van der Waals surface area contributed by atoms with Crippen LogP contribution in [0.3, 0.4) is 0 Å². The van der Waals surface area contributed by atoms with Gasteiger partial charge in [-0.05, 0) is 37.7 Å². The Morgan fingerprint density at radius 3 is 2.71 bits per heavy atom. The van der Waals surface area contributed by atoms with E-state index < -0.39 is 11.5 Å². The number of hydrogen-bond acceptors (Lipinski definition) is 7. The molecule has 10 nitrogen and oxygen atoms in total. The monoisotopic (exact) mass is 589 g/mol. The van der Waals surface area contributed by atoms with Gasteiger partial charge in [0.05, 0.1) is 5.41 Å². The van der Waals surface area contributed by atoms with Crippen LogP contribution in [0.25, 0.3) is 4.96 Å². The van der Waals surface area contributed by atoms with Gasteiger partial charge in [0.2, 0.25) is 11.8 Å². The van der Waals surface area contributed by atoms with Crippen LogP contribution < -0.4 is 16.2 Å². The number of carbonyl (C=O) groups excluding carboxylic acids is 3. The van der Waals surface area contributed by atoms with E-state index in [1.54, 1.807) is 16.5 Å². The summed E-state index contributed by atoms with van der Waals surface area (Å²) >= 11 is 1.34. The second-order valence-corrected chi connectivity index (χ2v) is 12.3. The van der Waals surface area contributed by atoms with Crippen LogP contribution in [0.5, 0.6) is 0 Å². The summed E-state index contributed by atoms with van der Waals surface area (Å²) < 4.78 is 6.98. The van der Waals surface area contributed by atoms with Crippen molar-refractivity contribution in [1.82, 2.24) is 24.9 Å². The number of rotatable bonds is 3. The Hall–Kier alpha value is -3.83. The molecule has 3 atom stereocenters. The zero-order valence-electron chi connectivity index (χ0n) is 23.4. The van der Waals surface area contributed by atoms with Gasteiger partial charge < -0.3 is 20.3 Å². The van der Waals surface area contributed by atoms with E-state index in [2.05, 4.69) is 27.8 Å². The summed E-state index contributed by atoms with van der Waals surface area (Å²) in [5.74, 6) is -0.726. The summed E-state index contributed by atoms with van der Waals surface area (Å²) in [4.78, 5) is 60.5. The highest BCUT2D eigenvalue weighted by Crippen LogP contribution is 2.36. The van der Waals surface area contributed by atoms with Crippen LogP contribution in [0.2, 0.25) is 0 Å². The first kappa shape index (κ1) is 28.3. The van der Waals surface area contributed by atoms with Gasteiger partial charge in [-0.3, -0.25) is 23.6 Å². The molecule has 6 rings (SSSR count). The number of likely N-dealkylation sites (tertiary alicyclic amines) is 1. The molecule has 0 unspecified atom stereocenters. The maximum absolute atomic E-state index is 13.8. The van der Waals surface area contributed by atoms with Gasteiger partial charge in [-0.1, -0.05) is 42.5 Å². The van der Waals surface area contributed by atoms with Gasteiger partial charge in [-0.25, -0.2) is 4.98 Å². The molecule has 2 fully saturated rings. The fraction of sp³-hybridized carbons (Fsp3) is 0.452. The Labute approximate surface area is 247 Å². The molecule has 2 N–H and O–H groups in total. The SMILES string of the molecule is O=C1N[C@@H]2CCN(C(=O)c3cnc4sccn4c3=O)C[C@@H]2C/C=C/CC2(CCOCC2)C(=O)N[C@H]1Cc1ccccc1. The topological polar surface area (TPSA) is 122 Å². The Morgan fingerprint density at radius 2 is 1.90 bits per heavy atom. The zero-order valence-corrected chi connectivity index (χ0v) is 24.2. The van der Waals surface area contributed by atoms with Gasteiger partial charge >= 0.3 is 0 Å². The zero-order chi connectivity index (χ0) is 29.1. The summed E-state index contributed by atoms with van der Waals surface area (Å²) in [5.41, 5.74) is 0.00298. The first-order valence-corrected chi connectivity index (χ1v) is 15.4. The molecular weight excluding hydrogens is 554 g/mol. The van der Waals surface area contributed by atoms with E-state index in [4.69, 9.17) is 4.74 Å². The molecule has 0 saturated carbocycles. The number of ether oxygens (including phenoxy) is 1. The first-order chi connectivity index (χ1) is 20.4. The van der Waals surface area contributed by atoms with Crippen LogP contribution in [0.4, 0.5) is 0 Å². The molecule has 42 heavy (non-hydrogen) atoms. The van der Waals surface area contributed by atoms with Crippen LogP contribution in [0, 0.1) is 11.3 Å². The van der Waals surface area contributed by atoms with Gasteiger partial charge in [-0.2, -0.15) is 0 Å². The second-order valence-electron chi connectivity index (χ2n) is 11.5. The van der Waals surface area contributed by atoms with E-state index >= 15 is 0 Å². The van der Waals surface area contributed by atoms with Crippen molar-refractivity contribution in [2.75, 3.05) is 26.3 Å². The summed E-state index contributed by atoms with van der Waals surface area (Å²) in [5, 5.41) is 8.10. The number of fused-ring (bicyclic) bond motifs is 2. The molecule has 220 valence electrons. The van der Waals surface area contributed by atoms with Gasteiger partial charge in [0, 0.05) is 62.5 Å². The van der Waals surface area contributed by atoms with Crippen molar-refractivity contribution in [2.45, 2.75) is 50.6 Å². The molecule has 1 spiro atoms. The highest BCUT2D eigenvalue weighted by molar-refractivity contribution is 7.15. The molecule has 0 radical (unpaired) electrons. The van der Waals surface area contributed by atoms with Crippen LogP contribution >= 0.6 is 11.3 Å². The van der Waals surface area contributed by atoms with E-state index in [1.807, 2.05) is 30.3 Å². The second kappa shape index (κ2) is 12.2. The number of amides is 3. The largest absolute Gasteiger partial charge is 0.381 e. The summed E-state index contributed by atoms with van der Waals surface area (Å²) in [6.07, 6.45) is 10.4. The number of piperidine rings is 1. The molecule has 3 aliphatic heterocycles. The summed E-state index contributed by atoms with van der Waals surface area (Å²) in [6.45, 7) is 1.80. The number of nitrogens with zero attached hydrogens (tertiary/aromatic N) is 3. The Morgan fingerprint density at radius 1 is 1.10 bits per heavy atom. The lowest BCUT2D eigenvalue weighted by Gasteiger charge is -2.40. The molecule has 3 aliphatic rings. The van der Waals surface area contributed by atoms with Gasteiger partial charge in [0.25, 0.3) is 11.5 Å². The highest BCUT2D eigenvalue weighted by atomic mass is 32.1. The number of benzene rings is 1. The van der Waals surface area contributed by atoms with Crippen LogP contribution in [-0.4, -0.2) is 70.4 Å². The number of carbonyl (C=O) groups is 3. The molecule has 2 aromatic heterocycles. The number of allylic oxidation sites excluding steroid dienone is 2. The molecule has 0 aliphatic carbocycles. The molecule has 0 bridgehead atoms. The highest BCUT2D eigenvalue weighted by Gasteiger charge is 2.42. The Balaban J connectivity index is 1.26. The van der Waals surface area contributed by atoms with Crippen molar-refractivity contribution in [3.8, 4) is 0 Å². The van der Waals surface area contributed by atoms with Crippen molar-refractivity contribution in [2.24, 2.45) is 11.3 Å². The molecule has 11 heteroatoms. The van der Waals surface area contributed by atoms with Gasteiger partial charge in [0.1, 0.15) is 11.6 Å². The first-order valence-electron chi connectivity index (χ1n) is 14.6. The van der Waals surface area contributed by atoms with Gasteiger partial charge in [-0.15, -0.1) is 11.3 Å². The minimum Gasteiger partial charge on any atom is -0.381 e. The third-order valence-electron chi connectivity index (χ3n) is 8.87. The summed E-state index contributed by atoms with van der Waals surface area (Å²) in [7, 11) is 0. The van der Waals surface area contributed by atoms with Crippen molar-refractivity contribution in [1.29, 1.82) is 0 Å². The lowest BCUT2D eigenvalue weighted by atomic mass is 9.75. The molecular formula is C31H35N5O5S. The van der Waals surface area contributed by atoms with Crippen molar-refractivity contribution in [3.63, 3.8) is 0 Å². The predicted molar refractivity (Wildman–Crippen MR) is 158 cm³/mol. The molecule has 1 aromatic carbocycles. The quantitative estimate of drug-likeness (QED) is 0.453. The van der Waals surface area contributed by atoms with E-state index in [0.29, 0.717) is 69.8 Å². The van der Waals surface area contributed by atoms with E-state index in [-0.39, 0.29) is 40.8 Å². The van der Waals surface area contributed by atoms with Crippen molar-refractivity contribution < 1.29 is 19.1 Å². The smallest absolute Gasteiger partial charge is 0.271 e. The third kappa shape index (κ3) is 5.76. The third-order valence-corrected chi connectivity index (χ3v) is 9.64. The number of nitrogens with one attached hydrogen (secondary N) is 2. The maximum atomic E-state index is 13.8. The molecule has 3 aromatic rings. The lowest BCUT2D eigenvalue weighted by Crippen LogP contribution is -2.58. The summed E-state index contributed by atoms with van der Waals surface area (Å²) in [6, 6.07) is 8.78. The number of aromatic nitrogens is 2. The average Bonchev–Trinajstić information content (AvgIpc) is 3.50. The average molecular weight is 590 g/mol. The standard InChI is InChI=1S/C31H35N5O5S/c37-26-25(18-21-6-2-1-3-7-21)34-29(40)31(11-15-41-16-12-31)10-5-4-8-22-20-35(13-9-24(22)33-26)27(38)23-19-32-30-36(28(23)39)14-17-42-30/h1-7,14,17,19,22,24-25H,8-13,15-16,18,20H2,(H,33,37)(H,34,40)/b5-4+/t22-,24+,25-/m0/s1. The molecule has 3 amide bonds. The van der Waals surface area contributed by atoms with Crippen molar-refractivity contribution >= 4 is 34.0 Å². The Bertz CT molecular complexity index is 1540. The molecule has 2 saturated heterocycles. The fourth-order valence-corrected chi connectivity index (χ4v) is 6.98.